The highest BCUT2D eigenvalue weighted by Gasteiger charge is 2.23. The number of halogens is 4. The lowest BCUT2D eigenvalue weighted by Gasteiger charge is -2.07. The summed E-state index contributed by atoms with van der Waals surface area (Å²) in [7, 11) is 0. The zero-order valence-corrected chi connectivity index (χ0v) is 8.11. The molecule has 2 N–H and O–H groups in total. The van der Waals surface area contributed by atoms with Crippen LogP contribution in [0.25, 0.3) is 0 Å². The third kappa shape index (κ3) is 1.93. The fraction of sp³-hybridized carbons (Fsp3) is 0.143. The van der Waals surface area contributed by atoms with Crippen molar-refractivity contribution in [3.63, 3.8) is 0 Å². The normalized spacial score (nSPS) is 10.6. The average Bonchev–Trinajstić information content (AvgIpc) is 2.08. The van der Waals surface area contributed by atoms with Gasteiger partial charge in [0.05, 0.1) is 15.6 Å². The lowest BCUT2D eigenvalue weighted by molar-refractivity contribution is 0.0980. The number of alkyl halides is 2. The number of hydrogen-bond donors (Lipinski definition) is 1. The highest BCUT2D eigenvalue weighted by molar-refractivity contribution is 6.42. The van der Waals surface area contributed by atoms with Crippen LogP contribution in [0.15, 0.2) is 6.20 Å². The largest absolute Gasteiger partial charge is 0.364 e. The minimum atomic E-state index is -2.95. The molecular formula is C7H4Cl2F2N2O. The molecule has 1 amide bonds. The summed E-state index contributed by atoms with van der Waals surface area (Å²) in [6.45, 7) is 0. The standard InChI is InChI=1S/C7H4Cl2F2N2O/c8-2-1-13-5(7(12)14)3(4(2)9)6(10)11/h1,6H,(H2,12,14). The number of hydrogen-bond acceptors (Lipinski definition) is 2. The molecule has 76 valence electrons. The molecule has 0 spiro atoms. The lowest BCUT2D eigenvalue weighted by atomic mass is 10.2. The molecule has 1 heterocycles. The summed E-state index contributed by atoms with van der Waals surface area (Å²) in [6, 6.07) is 0. The maximum atomic E-state index is 12.4. The number of carbonyl (C=O) groups excluding carboxylic acids is 1. The molecule has 3 nitrogen and oxygen atoms in total. The van der Waals surface area contributed by atoms with E-state index in [-0.39, 0.29) is 5.02 Å². The van der Waals surface area contributed by atoms with Gasteiger partial charge < -0.3 is 5.73 Å². The van der Waals surface area contributed by atoms with Crippen molar-refractivity contribution in [2.75, 3.05) is 0 Å². The first-order valence-corrected chi connectivity index (χ1v) is 4.12. The molecule has 0 unspecified atom stereocenters. The molecule has 0 saturated heterocycles. The molecule has 1 aromatic rings. The van der Waals surface area contributed by atoms with E-state index >= 15 is 0 Å². The SMILES string of the molecule is NC(=O)c1ncc(Cl)c(Cl)c1C(F)F. The van der Waals surface area contributed by atoms with Gasteiger partial charge in [-0.05, 0) is 0 Å². The van der Waals surface area contributed by atoms with Crippen molar-refractivity contribution < 1.29 is 13.6 Å². The van der Waals surface area contributed by atoms with Gasteiger partial charge in [-0.2, -0.15) is 0 Å². The first-order valence-electron chi connectivity index (χ1n) is 3.37. The van der Waals surface area contributed by atoms with Gasteiger partial charge in [-0.3, -0.25) is 4.79 Å². The second kappa shape index (κ2) is 4.06. The minimum Gasteiger partial charge on any atom is -0.364 e. The van der Waals surface area contributed by atoms with Crippen LogP contribution in [0, 0.1) is 0 Å². The molecule has 0 aliphatic heterocycles. The predicted octanol–water partition coefficient (Wildman–Crippen LogP) is 2.42. The average molecular weight is 241 g/mol. The lowest BCUT2D eigenvalue weighted by Crippen LogP contribution is -2.16. The summed E-state index contributed by atoms with van der Waals surface area (Å²) >= 11 is 10.9. The fourth-order valence-corrected chi connectivity index (χ4v) is 1.25. The molecule has 1 aromatic heterocycles. The fourth-order valence-electron chi connectivity index (χ4n) is 0.876. The number of nitrogens with zero attached hydrogens (tertiary/aromatic N) is 1. The Labute approximate surface area is 87.8 Å². The molecule has 0 saturated carbocycles. The Morgan fingerprint density at radius 3 is 2.50 bits per heavy atom. The van der Waals surface area contributed by atoms with Crippen molar-refractivity contribution in [3.05, 3.63) is 27.5 Å². The Balaban J connectivity index is 3.45. The molecular weight excluding hydrogens is 237 g/mol. The van der Waals surface area contributed by atoms with Crippen LogP contribution in [0.5, 0.6) is 0 Å². The highest BCUT2D eigenvalue weighted by atomic mass is 35.5. The molecule has 0 aromatic carbocycles. The molecule has 1 rings (SSSR count). The van der Waals surface area contributed by atoms with Gasteiger partial charge in [0.25, 0.3) is 12.3 Å². The van der Waals surface area contributed by atoms with Crippen LogP contribution >= 0.6 is 23.2 Å². The summed E-state index contributed by atoms with van der Waals surface area (Å²) in [4.78, 5) is 14.1. The Kier molecular flexibility index (Phi) is 3.23. The van der Waals surface area contributed by atoms with E-state index in [0.717, 1.165) is 6.20 Å². The van der Waals surface area contributed by atoms with Crippen molar-refractivity contribution in [1.82, 2.24) is 4.98 Å². The quantitative estimate of drug-likeness (QED) is 0.864. The van der Waals surface area contributed by atoms with Gasteiger partial charge in [-0.25, -0.2) is 13.8 Å². The second-order valence-electron chi connectivity index (χ2n) is 2.35. The van der Waals surface area contributed by atoms with Crippen LogP contribution in [-0.4, -0.2) is 10.9 Å². The van der Waals surface area contributed by atoms with E-state index in [1.165, 1.54) is 0 Å². The summed E-state index contributed by atoms with van der Waals surface area (Å²) < 4.78 is 24.9. The van der Waals surface area contributed by atoms with Crippen molar-refractivity contribution >= 4 is 29.1 Å². The van der Waals surface area contributed by atoms with E-state index in [1.54, 1.807) is 0 Å². The van der Waals surface area contributed by atoms with E-state index < -0.39 is 28.6 Å². The van der Waals surface area contributed by atoms with Gasteiger partial charge in [0.15, 0.2) is 0 Å². The van der Waals surface area contributed by atoms with Gasteiger partial charge >= 0.3 is 0 Å². The number of aromatic nitrogens is 1. The number of nitrogens with two attached hydrogens (primary N) is 1. The van der Waals surface area contributed by atoms with Gasteiger partial charge in [-0.15, -0.1) is 0 Å². The summed E-state index contributed by atoms with van der Waals surface area (Å²) in [5.74, 6) is -1.07. The third-order valence-electron chi connectivity index (χ3n) is 1.46. The number of pyridine rings is 1. The zero-order valence-electron chi connectivity index (χ0n) is 6.60. The van der Waals surface area contributed by atoms with Crippen molar-refractivity contribution in [3.8, 4) is 0 Å². The molecule has 0 fully saturated rings. The Morgan fingerprint density at radius 1 is 1.50 bits per heavy atom. The number of rotatable bonds is 2. The molecule has 7 heteroatoms. The van der Waals surface area contributed by atoms with Crippen molar-refractivity contribution in [2.45, 2.75) is 6.43 Å². The summed E-state index contributed by atoms with van der Waals surface area (Å²) in [6.07, 6.45) is -1.95. The van der Waals surface area contributed by atoms with E-state index in [2.05, 4.69) is 4.98 Å². The van der Waals surface area contributed by atoms with Crippen LogP contribution in [-0.2, 0) is 0 Å². The predicted molar refractivity (Wildman–Crippen MR) is 47.7 cm³/mol. The van der Waals surface area contributed by atoms with E-state index in [4.69, 9.17) is 28.9 Å². The van der Waals surface area contributed by atoms with E-state index in [9.17, 15) is 13.6 Å². The van der Waals surface area contributed by atoms with E-state index in [1.807, 2.05) is 0 Å². The Morgan fingerprint density at radius 2 is 2.07 bits per heavy atom. The maximum absolute atomic E-state index is 12.4. The molecule has 0 aliphatic rings. The molecule has 14 heavy (non-hydrogen) atoms. The van der Waals surface area contributed by atoms with Crippen molar-refractivity contribution in [1.29, 1.82) is 0 Å². The van der Waals surface area contributed by atoms with Crippen LogP contribution in [0.1, 0.15) is 22.5 Å². The third-order valence-corrected chi connectivity index (χ3v) is 2.25. The number of amides is 1. The smallest absolute Gasteiger partial charge is 0.267 e. The van der Waals surface area contributed by atoms with Gasteiger partial charge in [0, 0.05) is 6.20 Å². The first-order chi connectivity index (χ1) is 6.45. The van der Waals surface area contributed by atoms with Gasteiger partial charge in [0.1, 0.15) is 5.69 Å². The Hall–Kier alpha value is -0.940. The maximum Gasteiger partial charge on any atom is 0.267 e. The van der Waals surface area contributed by atoms with Crippen LogP contribution < -0.4 is 5.73 Å². The molecule has 0 aliphatic carbocycles. The van der Waals surface area contributed by atoms with Crippen LogP contribution in [0.3, 0.4) is 0 Å². The molecule has 0 radical (unpaired) electrons. The van der Waals surface area contributed by atoms with E-state index in [0.29, 0.717) is 0 Å². The zero-order chi connectivity index (χ0) is 10.9. The topological polar surface area (TPSA) is 56.0 Å². The van der Waals surface area contributed by atoms with Crippen molar-refractivity contribution in [2.24, 2.45) is 5.73 Å². The minimum absolute atomic E-state index is 0.146. The van der Waals surface area contributed by atoms with Crippen LogP contribution in [0.4, 0.5) is 8.78 Å². The summed E-state index contributed by atoms with van der Waals surface area (Å²) in [5, 5.41) is -0.544. The number of carbonyl (C=O) groups is 1. The summed E-state index contributed by atoms with van der Waals surface area (Å²) in [5.41, 5.74) is 3.54. The first kappa shape index (κ1) is 11.1. The second-order valence-corrected chi connectivity index (χ2v) is 3.13. The Bertz CT molecular complexity index is 384. The van der Waals surface area contributed by atoms with Crippen LogP contribution in [0.2, 0.25) is 10.0 Å². The monoisotopic (exact) mass is 240 g/mol. The number of primary amides is 1. The highest BCUT2D eigenvalue weighted by Crippen LogP contribution is 2.33. The van der Waals surface area contributed by atoms with Gasteiger partial charge in [-0.1, -0.05) is 23.2 Å². The molecule has 0 atom stereocenters. The van der Waals surface area contributed by atoms with Gasteiger partial charge in [0.2, 0.25) is 0 Å². The molecule has 0 bridgehead atoms.